The number of pyridine rings is 1. The number of likely N-dealkylation sites (tertiary alicyclic amines) is 1. The molecule has 1 aliphatic heterocycles. The highest BCUT2D eigenvalue weighted by Crippen LogP contribution is 2.27. The summed E-state index contributed by atoms with van der Waals surface area (Å²) in [6.07, 6.45) is 4.89. The number of carbonyl (C=O) groups excluding carboxylic acids is 1. The highest BCUT2D eigenvalue weighted by molar-refractivity contribution is 6.30. The molecule has 0 bridgehead atoms. The zero-order chi connectivity index (χ0) is 18.3. The van der Waals surface area contributed by atoms with Gasteiger partial charge in [-0.15, -0.1) is 0 Å². The molecule has 0 aromatic carbocycles. The molecule has 1 saturated heterocycles. The van der Waals surface area contributed by atoms with Gasteiger partial charge in [0.2, 0.25) is 0 Å². The predicted molar refractivity (Wildman–Crippen MR) is 97.7 cm³/mol. The number of hydrogen-bond acceptors (Lipinski definition) is 4. The van der Waals surface area contributed by atoms with Crippen LogP contribution in [0.15, 0.2) is 35.5 Å². The molecule has 0 saturated carbocycles. The molecule has 4 rings (SSSR count). The third kappa shape index (κ3) is 2.99. The highest BCUT2D eigenvalue weighted by atomic mass is 35.5. The SMILES string of the molecule is Cc1nc2ccc(Cl)cn2c1C(=O)N1CCC[C@H](c2cc(=O)[nH]cn2)C1. The summed E-state index contributed by atoms with van der Waals surface area (Å²) in [6, 6.07) is 5.07. The Morgan fingerprint density at radius 1 is 1.38 bits per heavy atom. The number of H-pyrrole nitrogens is 1. The van der Waals surface area contributed by atoms with Crippen molar-refractivity contribution < 1.29 is 4.79 Å². The van der Waals surface area contributed by atoms with Crippen molar-refractivity contribution in [3.63, 3.8) is 0 Å². The van der Waals surface area contributed by atoms with Crippen molar-refractivity contribution in [2.45, 2.75) is 25.7 Å². The average molecular weight is 372 g/mol. The molecule has 134 valence electrons. The van der Waals surface area contributed by atoms with E-state index in [2.05, 4.69) is 15.0 Å². The second kappa shape index (κ2) is 6.57. The van der Waals surface area contributed by atoms with Crippen molar-refractivity contribution in [3.05, 3.63) is 63.2 Å². The van der Waals surface area contributed by atoms with Crippen LogP contribution in [0.4, 0.5) is 0 Å². The minimum absolute atomic E-state index is 0.0538. The van der Waals surface area contributed by atoms with Crippen molar-refractivity contribution in [2.24, 2.45) is 0 Å². The van der Waals surface area contributed by atoms with E-state index in [0.717, 1.165) is 18.5 Å². The van der Waals surface area contributed by atoms with Gasteiger partial charge in [0.1, 0.15) is 11.3 Å². The van der Waals surface area contributed by atoms with E-state index in [4.69, 9.17) is 11.6 Å². The number of nitrogens with one attached hydrogen (secondary N) is 1. The summed E-state index contributed by atoms with van der Waals surface area (Å²) in [4.78, 5) is 37.8. The van der Waals surface area contributed by atoms with Crippen LogP contribution in [-0.2, 0) is 0 Å². The van der Waals surface area contributed by atoms with Crippen molar-refractivity contribution in [3.8, 4) is 0 Å². The quantitative estimate of drug-likeness (QED) is 0.749. The van der Waals surface area contributed by atoms with Crippen LogP contribution in [0.1, 0.15) is 40.6 Å². The summed E-state index contributed by atoms with van der Waals surface area (Å²) in [7, 11) is 0. The number of aromatic amines is 1. The molecule has 26 heavy (non-hydrogen) atoms. The number of imidazole rings is 1. The van der Waals surface area contributed by atoms with Crippen molar-refractivity contribution >= 4 is 23.2 Å². The van der Waals surface area contributed by atoms with Gasteiger partial charge in [0.15, 0.2) is 0 Å². The van der Waals surface area contributed by atoms with Gasteiger partial charge in [-0.05, 0) is 31.9 Å². The number of fused-ring (bicyclic) bond motifs is 1. The summed E-state index contributed by atoms with van der Waals surface area (Å²) in [5.41, 5.74) is 2.45. The lowest BCUT2D eigenvalue weighted by Gasteiger charge is -2.32. The van der Waals surface area contributed by atoms with Gasteiger partial charge in [-0.2, -0.15) is 0 Å². The fourth-order valence-corrected chi connectivity index (χ4v) is 3.71. The maximum atomic E-state index is 13.2. The number of aryl methyl sites for hydroxylation is 1. The summed E-state index contributed by atoms with van der Waals surface area (Å²) in [5.74, 6) is -0.0233. The molecule has 1 atom stereocenters. The Labute approximate surface area is 154 Å². The first-order valence-electron chi connectivity index (χ1n) is 8.51. The van der Waals surface area contributed by atoms with E-state index in [9.17, 15) is 9.59 Å². The van der Waals surface area contributed by atoms with Crippen molar-refractivity contribution in [1.29, 1.82) is 0 Å². The fourth-order valence-electron chi connectivity index (χ4n) is 3.55. The molecule has 0 unspecified atom stereocenters. The van der Waals surface area contributed by atoms with Gasteiger partial charge in [0, 0.05) is 31.3 Å². The number of rotatable bonds is 2. The lowest BCUT2D eigenvalue weighted by molar-refractivity contribution is 0.0698. The number of amides is 1. The van der Waals surface area contributed by atoms with Gasteiger partial charge in [0.05, 0.1) is 22.7 Å². The topological polar surface area (TPSA) is 83.4 Å². The summed E-state index contributed by atoms with van der Waals surface area (Å²) in [5, 5.41) is 0.549. The second-order valence-electron chi connectivity index (χ2n) is 6.55. The number of piperidine rings is 1. The summed E-state index contributed by atoms with van der Waals surface area (Å²) in [6.45, 7) is 3.03. The third-order valence-corrected chi connectivity index (χ3v) is 5.01. The van der Waals surface area contributed by atoms with Crippen LogP contribution in [0, 0.1) is 6.92 Å². The van der Waals surface area contributed by atoms with E-state index in [1.807, 2.05) is 11.8 Å². The molecule has 3 aromatic rings. The number of halogens is 1. The van der Waals surface area contributed by atoms with Gasteiger partial charge in [0.25, 0.3) is 11.5 Å². The molecule has 8 heteroatoms. The largest absolute Gasteiger partial charge is 0.337 e. The van der Waals surface area contributed by atoms with Crippen LogP contribution in [0.5, 0.6) is 0 Å². The second-order valence-corrected chi connectivity index (χ2v) is 6.98. The molecule has 1 N–H and O–H groups in total. The standard InChI is InChI=1S/C18H18ClN5O2/c1-11-17(24-9-13(19)4-5-15(24)22-11)18(26)23-6-2-3-12(8-23)14-7-16(25)21-10-20-14/h4-5,7,9-10,12H,2-3,6,8H2,1H3,(H,20,21,25)/t12-/m0/s1. The predicted octanol–water partition coefficient (Wildman–Crippen LogP) is 2.40. The fraction of sp³-hybridized carbons (Fsp3) is 0.333. The molecular weight excluding hydrogens is 354 g/mol. The lowest BCUT2D eigenvalue weighted by atomic mass is 9.94. The molecule has 7 nitrogen and oxygen atoms in total. The Balaban J connectivity index is 1.65. The molecule has 1 fully saturated rings. The molecule has 0 spiro atoms. The summed E-state index contributed by atoms with van der Waals surface area (Å²) < 4.78 is 1.75. The zero-order valence-corrected chi connectivity index (χ0v) is 15.0. The van der Waals surface area contributed by atoms with E-state index in [1.165, 1.54) is 12.4 Å². The van der Waals surface area contributed by atoms with E-state index in [-0.39, 0.29) is 17.4 Å². The van der Waals surface area contributed by atoms with Gasteiger partial charge in [-0.25, -0.2) is 9.97 Å². The van der Waals surface area contributed by atoms with Crippen molar-refractivity contribution in [1.82, 2.24) is 24.3 Å². The van der Waals surface area contributed by atoms with Crippen LogP contribution in [0.2, 0.25) is 5.02 Å². The number of aromatic nitrogens is 4. The molecule has 0 aliphatic carbocycles. The van der Waals surface area contributed by atoms with Gasteiger partial charge >= 0.3 is 0 Å². The Kier molecular flexibility index (Phi) is 4.24. The van der Waals surface area contributed by atoms with Gasteiger partial charge in [-0.1, -0.05) is 11.6 Å². The number of nitrogens with zero attached hydrogens (tertiary/aromatic N) is 4. The first-order chi connectivity index (χ1) is 12.5. The molecular formula is C18H18ClN5O2. The van der Waals surface area contributed by atoms with Gasteiger partial charge in [-0.3, -0.25) is 14.0 Å². The monoisotopic (exact) mass is 371 g/mol. The Morgan fingerprint density at radius 2 is 2.23 bits per heavy atom. The number of carbonyl (C=O) groups is 1. The van der Waals surface area contributed by atoms with E-state index in [1.54, 1.807) is 22.7 Å². The third-order valence-electron chi connectivity index (χ3n) is 4.79. The van der Waals surface area contributed by atoms with E-state index < -0.39 is 0 Å². The normalized spacial score (nSPS) is 17.6. The highest BCUT2D eigenvalue weighted by Gasteiger charge is 2.29. The van der Waals surface area contributed by atoms with Crippen LogP contribution in [0.3, 0.4) is 0 Å². The summed E-state index contributed by atoms with van der Waals surface area (Å²) >= 11 is 6.09. The van der Waals surface area contributed by atoms with Crippen LogP contribution < -0.4 is 5.56 Å². The van der Waals surface area contributed by atoms with E-state index >= 15 is 0 Å². The minimum atomic E-state index is -0.175. The molecule has 3 aromatic heterocycles. The van der Waals surface area contributed by atoms with E-state index in [0.29, 0.717) is 35.1 Å². The molecule has 0 radical (unpaired) electrons. The van der Waals surface area contributed by atoms with Crippen LogP contribution >= 0.6 is 11.6 Å². The number of hydrogen-bond donors (Lipinski definition) is 1. The molecule has 4 heterocycles. The first kappa shape index (κ1) is 16.8. The van der Waals surface area contributed by atoms with Gasteiger partial charge < -0.3 is 9.88 Å². The van der Waals surface area contributed by atoms with Crippen molar-refractivity contribution in [2.75, 3.05) is 13.1 Å². The maximum absolute atomic E-state index is 13.2. The van der Waals surface area contributed by atoms with Crippen LogP contribution in [-0.4, -0.2) is 43.2 Å². The lowest BCUT2D eigenvalue weighted by Crippen LogP contribution is -2.40. The first-order valence-corrected chi connectivity index (χ1v) is 8.89. The zero-order valence-electron chi connectivity index (χ0n) is 14.3. The maximum Gasteiger partial charge on any atom is 0.272 e. The van der Waals surface area contributed by atoms with Crippen LogP contribution in [0.25, 0.3) is 5.65 Å². The minimum Gasteiger partial charge on any atom is -0.337 e. The Bertz CT molecular complexity index is 1040. The average Bonchev–Trinajstić information content (AvgIpc) is 2.96. The Morgan fingerprint density at radius 3 is 3.04 bits per heavy atom. The molecule has 1 amide bonds. The smallest absolute Gasteiger partial charge is 0.272 e. The molecule has 1 aliphatic rings. The Hall–Kier alpha value is -2.67.